The molecule has 0 heterocycles. The highest BCUT2D eigenvalue weighted by atomic mass is 79.9. The molecule has 0 atom stereocenters. The van der Waals surface area contributed by atoms with Gasteiger partial charge in [0.05, 0.1) is 7.11 Å². The second-order valence-electron chi connectivity index (χ2n) is 3.91. The van der Waals surface area contributed by atoms with Gasteiger partial charge in [0.2, 0.25) is 0 Å². The molecular formula is C13H21BrN2O. The molecule has 96 valence electrons. The van der Waals surface area contributed by atoms with E-state index in [1.165, 1.54) is 5.56 Å². The van der Waals surface area contributed by atoms with Crippen molar-refractivity contribution >= 4 is 15.9 Å². The van der Waals surface area contributed by atoms with Crippen LogP contribution in [0.1, 0.15) is 12.0 Å². The molecule has 0 aliphatic rings. The molecule has 0 fully saturated rings. The smallest absolute Gasteiger partial charge is 0.122 e. The van der Waals surface area contributed by atoms with Gasteiger partial charge in [0.1, 0.15) is 5.75 Å². The van der Waals surface area contributed by atoms with E-state index in [-0.39, 0.29) is 0 Å². The molecule has 0 unspecified atom stereocenters. The molecule has 1 aromatic carbocycles. The van der Waals surface area contributed by atoms with E-state index in [2.05, 4.69) is 32.6 Å². The highest BCUT2D eigenvalue weighted by Gasteiger charge is 2.02. The Morgan fingerprint density at radius 2 is 2.06 bits per heavy atom. The summed E-state index contributed by atoms with van der Waals surface area (Å²) >= 11 is 3.48. The first kappa shape index (κ1) is 14.5. The zero-order valence-corrected chi connectivity index (χ0v) is 12.1. The minimum absolute atomic E-state index is 0.963. The Kier molecular flexibility index (Phi) is 7.24. The molecule has 0 aliphatic heterocycles. The van der Waals surface area contributed by atoms with E-state index in [4.69, 9.17) is 4.74 Å². The van der Waals surface area contributed by atoms with Crippen LogP contribution in [0.25, 0.3) is 0 Å². The Hall–Kier alpha value is -0.580. The topological polar surface area (TPSA) is 33.3 Å². The van der Waals surface area contributed by atoms with Gasteiger partial charge >= 0.3 is 0 Å². The summed E-state index contributed by atoms with van der Waals surface area (Å²) in [5.74, 6) is 0.963. The summed E-state index contributed by atoms with van der Waals surface area (Å²) in [6.45, 7) is 3.10. The van der Waals surface area contributed by atoms with Crippen LogP contribution in [-0.2, 0) is 6.42 Å². The number of methoxy groups -OCH3 is 1. The average Bonchev–Trinajstić information content (AvgIpc) is 2.34. The lowest BCUT2D eigenvalue weighted by atomic mass is 10.1. The van der Waals surface area contributed by atoms with E-state index in [0.717, 1.165) is 42.7 Å². The van der Waals surface area contributed by atoms with Crippen molar-refractivity contribution in [2.45, 2.75) is 12.8 Å². The van der Waals surface area contributed by atoms with Crippen LogP contribution >= 0.6 is 15.9 Å². The minimum atomic E-state index is 0.963. The predicted molar refractivity (Wildman–Crippen MR) is 75.8 cm³/mol. The second kappa shape index (κ2) is 8.50. The standard InChI is InChI=1S/C13H21BrN2O/c1-15-7-3-8-16-9-6-11-10-12(14)4-5-13(11)17-2/h4-5,10,15-16H,3,6-9H2,1-2H3. The van der Waals surface area contributed by atoms with Crippen molar-refractivity contribution in [3.63, 3.8) is 0 Å². The maximum atomic E-state index is 5.34. The fraction of sp³-hybridized carbons (Fsp3) is 0.538. The van der Waals surface area contributed by atoms with Gasteiger partial charge in [-0.2, -0.15) is 0 Å². The van der Waals surface area contributed by atoms with Crippen LogP contribution in [0.15, 0.2) is 22.7 Å². The summed E-state index contributed by atoms with van der Waals surface area (Å²) < 4.78 is 6.44. The number of rotatable bonds is 8. The van der Waals surface area contributed by atoms with Gasteiger partial charge in [-0.1, -0.05) is 15.9 Å². The molecule has 0 bridgehead atoms. The van der Waals surface area contributed by atoms with Crippen LogP contribution in [0.4, 0.5) is 0 Å². The number of hydrogen-bond acceptors (Lipinski definition) is 3. The SMILES string of the molecule is CNCCCNCCc1cc(Br)ccc1OC. The van der Waals surface area contributed by atoms with Gasteiger partial charge in [0.15, 0.2) is 0 Å². The van der Waals surface area contributed by atoms with Crippen LogP contribution in [0.5, 0.6) is 5.75 Å². The molecule has 0 saturated carbocycles. The average molecular weight is 301 g/mol. The van der Waals surface area contributed by atoms with Gasteiger partial charge in [-0.3, -0.25) is 0 Å². The molecule has 0 aliphatic carbocycles. The lowest BCUT2D eigenvalue weighted by Gasteiger charge is -2.09. The lowest BCUT2D eigenvalue weighted by Crippen LogP contribution is -2.22. The second-order valence-corrected chi connectivity index (χ2v) is 4.83. The monoisotopic (exact) mass is 300 g/mol. The fourth-order valence-corrected chi connectivity index (χ4v) is 2.09. The first-order valence-corrected chi connectivity index (χ1v) is 6.75. The predicted octanol–water partition coefficient (Wildman–Crippen LogP) is 2.20. The van der Waals surface area contributed by atoms with E-state index < -0.39 is 0 Å². The number of ether oxygens (including phenoxy) is 1. The van der Waals surface area contributed by atoms with Gasteiger partial charge in [-0.05, 0) is 63.3 Å². The Balaban J connectivity index is 2.32. The van der Waals surface area contributed by atoms with Crippen LogP contribution in [0.3, 0.4) is 0 Å². The van der Waals surface area contributed by atoms with Gasteiger partial charge in [0.25, 0.3) is 0 Å². The third-order valence-corrected chi connectivity index (χ3v) is 3.09. The first-order valence-electron chi connectivity index (χ1n) is 5.95. The van der Waals surface area contributed by atoms with Crippen molar-refractivity contribution in [1.29, 1.82) is 0 Å². The molecule has 1 aromatic rings. The molecule has 2 N–H and O–H groups in total. The Bertz CT molecular complexity index is 331. The highest BCUT2D eigenvalue weighted by molar-refractivity contribution is 9.10. The third-order valence-electron chi connectivity index (χ3n) is 2.59. The molecule has 0 amide bonds. The van der Waals surface area contributed by atoms with Crippen molar-refractivity contribution in [1.82, 2.24) is 10.6 Å². The fourth-order valence-electron chi connectivity index (χ4n) is 1.68. The molecule has 0 radical (unpaired) electrons. The van der Waals surface area contributed by atoms with E-state index in [9.17, 15) is 0 Å². The summed E-state index contributed by atoms with van der Waals surface area (Å²) in [5, 5.41) is 6.56. The molecule has 0 spiro atoms. The maximum absolute atomic E-state index is 5.34. The maximum Gasteiger partial charge on any atom is 0.122 e. The zero-order valence-electron chi connectivity index (χ0n) is 10.6. The summed E-state index contributed by atoms with van der Waals surface area (Å²) in [5.41, 5.74) is 1.24. The minimum Gasteiger partial charge on any atom is -0.496 e. The van der Waals surface area contributed by atoms with Crippen molar-refractivity contribution in [2.24, 2.45) is 0 Å². The van der Waals surface area contributed by atoms with Gasteiger partial charge < -0.3 is 15.4 Å². The van der Waals surface area contributed by atoms with Gasteiger partial charge in [-0.15, -0.1) is 0 Å². The van der Waals surface area contributed by atoms with Crippen molar-refractivity contribution in [2.75, 3.05) is 33.8 Å². The van der Waals surface area contributed by atoms with Crippen molar-refractivity contribution < 1.29 is 4.74 Å². The number of halogens is 1. The molecular weight excluding hydrogens is 280 g/mol. The molecule has 0 aromatic heterocycles. The summed E-state index contributed by atoms with van der Waals surface area (Å²) in [7, 11) is 3.69. The summed E-state index contributed by atoms with van der Waals surface area (Å²) in [6.07, 6.45) is 2.15. The van der Waals surface area contributed by atoms with E-state index in [1.807, 2.05) is 19.2 Å². The van der Waals surface area contributed by atoms with Gasteiger partial charge in [-0.25, -0.2) is 0 Å². The Morgan fingerprint density at radius 3 is 2.76 bits per heavy atom. The molecule has 17 heavy (non-hydrogen) atoms. The Labute approximate surface area is 112 Å². The largest absolute Gasteiger partial charge is 0.496 e. The number of hydrogen-bond donors (Lipinski definition) is 2. The van der Waals surface area contributed by atoms with Crippen molar-refractivity contribution in [3.8, 4) is 5.75 Å². The van der Waals surface area contributed by atoms with Crippen LogP contribution in [0.2, 0.25) is 0 Å². The summed E-state index contributed by atoms with van der Waals surface area (Å²) in [6, 6.07) is 6.12. The molecule has 3 nitrogen and oxygen atoms in total. The highest BCUT2D eigenvalue weighted by Crippen LogP contribution is 2.22. The normalized spacial score (nSPS) is 10.5. The number of benzene rings is 1. The first-order chi connectivity index (χ1) is 8.27. The molecule has 4 heteroatoms. The lowest BCUT2D eigenvalue weighted by molar-refractivity contribution is 0.409. The van der Waals surface area contributed by atoms with E-state index >= 15 is 0 Å². The Morgan fingerprint density at radius 1 is 1.24 bits per heavy atom. The van der Waals surface area contributed by atoms with Gasteiger partial charge in [0, 0.05) is 4.47 Å². The zero-order chi connectivity index (χ0) is 12.5. The van der Waals surface area contributed by atoms with Crippen molar-refractivity contribution in [3.05, 3.63) is 28.2 Å². The quantitative estimate of drug-likeness (QED) is 0.722. The van der Waals surface area contributed by atoms with E-state index in [0.29, 0.717) is 0 Å². The summed E-state index contributed by atoms with van der Waals surface area (Å²) in [4.78, 5) is 0. The number of nitrogens with one attached hydrogen (secondary N) is 2. The van der Waals surface area contributed by atoms with Crippen LogP contribution in [-0.4, -0.2) is 33.8 Å². The van der Waals surface area contributed by atoms with E-state index in [1.54, 1.807) is 7.11 Å². The molecule has 0 saturated heterocycles. The van der Waals surface area contributed by atoms with Crippen LogP contribution < -0.4 is 15.4 Å². The third kappa shape index (κ3) is 5.52. The van der Waals surface area contributed by atoms with Crippen LogP contribution in [0, 0.1) is 0 Å². The molecule has 1 rings (SSSR count).